The first kappa shape index (κ1) is 18.8. The minimum Gasteiger partial charge on any atom is -0.356 e. The van der Waals surface area contributed by atoms with E-state index in [0.717, 1.165) is 38.4 Å². The average molecular weight is 347 g/mol. The van der Waals surface area contributed by atoms with E-state index in [2.05, 4.69) is 53.1 Å². The third kappa shape index (κ3) is 5.50. The Morgan fingerprint density at radius 1 is 1.08 bits per heavy atom. The second-order valence-corrected chi connectivity index (χ2v) is 6.51. The fourth-order valence-electron chi connectivity index (χ4n) is 3.33. The molecule has 0 atom stereocenters. The number of carbonyl (C=O) groups excluding carboxylic acids is 1. The summed E-state index contributed by atoms with van der Waals surface area (Å²) >= 11 is 0. The van der Waals surface area contributed by atoms with E-state index in [1.807, 2.05) is 0 Å². The molecule has 1 heterocycles. The van der Waals surface area contributed by atoms with Gasteiger partial charge in [-0.15, -0.1) is 12.4 Å². The van der Waals surface area contributed by atoms with Gasteiger partial charge in [0.25, 0.3) is 0 Å². The van der Waals surface area contributed by atoms with Crippen LogP contribution in [0.1, 0.15) is 31.2 Å². The van der Waals surface area contributed by atoms with Crippen LogP contribution in [-0.4, -0.2) is 25.5 Å². The van der Waals surface area contributed by atoms with Crippen LogP contribution in [0, 0.1) is 5.92 Å². The van der Waals surface area contributed by atoms with E-state index in [-0.39, 0.29) is 18.3 Å². The Morgan fingerprint density at radius 3 is 2.62 bits per heavy atom. The Hall–Kier alpha value is -1.58. The summed E-state index contributed by atoms with van der Waals surface area (Å²) in [5, 5.41) is 8.96. The van der Waals surface area contributed by atoms with Crippen molar-refractivity contribution in [3.63, 3.8) is 0 Å². The predicted octanol–water partition coefficient (Wildman–Crippen LogP) is 3.70. The molecule has 2 aromatic carbocycles. The first-order chi connectivity index (χ1) is 11.3. The van der Waals surface area contributed by atoms with E-state index in [4.69, 9.17) is 0 Å². The molecular weight excluding hydrogens is 320 g/mol. The van der Waals surface area contributed by atoms with Crippen molar-refractivity contribution in [1.82, 2.24) is 10.6 Å². The Kier molecular flexibility index (Phi) is 7.54. The number of rotatable bonds is 6. The third-order valence-electron chi connectivity index (χ3n) is 4.79. The van der Waals surface area contributed by atoms with Crippen LogP contribution < -0.4 is 10.6 Å². The van der Waals surface area contributed by atoms with Crippen LogP contribution in [0.25, 0.3) is 10.8 Å². The van der Waals surface area contributed by atoms with Gasteiger partial charge in [0, 0.05) is 13.0 Å². The van der Waals surface area contributed by atoms with Gasteiger partial charge < -0.3 is 10.6 Å². The van der Waals surface area contributed by atoms with Gasteiger partial charge in [-0.25, -0.2) is 0 Å². The number of piperidine rings is 1. The number of halogens is 1. The van der Waals surface area contributed by atoms with E-state index in [1.165, 1.54) is 29.2 Å². The fourth-order valence-corrected chi connectivity index (χ4v) is 3.33. The van der Waals surface area contributed by atoms with Crippen molar-refractivity contribution in [2.75, 3.05) is 19.6 Å². The summed E-state index contributed by atoms with van der Waals surface area (Å²) < 4.78 is 0. The van der Waals surface area contributed by atoms with Crippen LogP contribution in [0.2, 0.25) is 0 Å². The minimum absolute atomic E-state index is 0. The van der Waals surface area contributed by atoms with Crippen molar-refractivity contribution in [3.05, 3.63) is 48.0 Å². The van der Waals surface area contributed by atoms with E-state index < -0.39 is 0 Å². The fraction of sp³-hybridized carbons (Fsp3) is 0.450. The molecule has 1 amide bonds. The van der Waals surface area contributed by atoms with E-state index >= 15 is 0 Å². The molecule has 130 valence electrons. The number of nitrogens with one attached hydrogen (secondary N) is 2. The Labute approximate surface area is 150 Å². The molecule has 2 aromatic rings. The summed E-state index contributed by atoms with van der Waals surface area (Å²) in [5.41, 5.74) is 1.28. The maximum atomic E-state index is 12.0. The zero-order valence-electron chi connectivity index (χ0n) is 14.1. The molecule has 1 fully saturated rings. The maximum absolute atomic E-state index is 12.0. The third-order valence-corrected chi connectivity index (χ3v) is 4.79. The lowest BCUT2D eigenvalue weighted by molar-refractivity contribution is -0.121. The quantitative estimate of drug-likeness (QED) is 0.837. The highest BCUT2D eigenvalue weighted by Gasteiger charge is 2.14. The predicted molar refractivity (Wildman–Crippen MR) is 103 cm³/mol. The molecule has 2 N–H and O–H groups in total. The van der Waals surface area contributed by atoms with Crippen molar-refractivity contribution in [2.45, 2.75) is 32.1 Å². The standard InChI is InChI=1S/C20H26N2O.ClH/c23-20(8-6-16-9-12-21-13-10-16)22-14-11-17-5-7-18-3-1-2-4-19(18)15-17;/h1-5,7,15-16,21H,6,8-14H2,(H,22,23);1H. The number of hydrogen-bond donors (Lipinski definition) is 2. The van der Waals surface area contributed by atoms with E-state index in [0.29, 0.717) is 6.42 Å². The van der Waals surface area contributed by atoms with Gasteiger partial charge >= 0.3 is 0 Å². The van der Waals surface area contributed by atoms with Gasteiger partial charge in [-0.3, -0.25) is 4.79 Å². The zero-order valence-corrected chi connectivity index (χ0v) is 14.9. The van der Waals surface area contributed by atoms with Gasteiger partial charge in [-0.05, 0) is 61.0 Å². The van der Waals surface area contributed by atoms with Crippen molar-refractivity contribution in [1.29, 1.82) is 0 Å². The van der Waals surface area contributed by atoms with Gasteiger partial charge in [-0.2, -0.15) is 0 Å². The van der Waals surface area contributed by atoms with Crippen molar-refractivity contribution >= 4 is 29.1 Å². The summed E-state index contributed by atoms with van der Waals surface area (Å²) in [4.78, 5) is 12.0. The molecule has 1 aliphatic rings. The highest BCUT2D eigenvalue weighted by molar-refractivity contribution is 5.85. The van der Waals surface area contributed by atoms with E-state index in [9.17, 15) is 4.79 Å². The second-order valence-electron chi connectivity index (χ2n) is 6.51. The normalized spacial score (nSPS) is 15.0. The molecule has 0 aromatic heterocycles. The van der Waals surface area contributed by atoms with Crippen LogP contribution in [0.3, 0.4) is 0 Å². The average Bonchev–Trinajstić information content (AvgIpc) is 2.61. The molecular formula is C20H27ClN2O. The lowest BCUT2D eigenvalue weighted by Gasteiger charge is -2.22. The SMILES string of the molecule is Cl.O=C(CCC1CCNCC1)NCCc1ccc2ccccc2c1. The number of carbonyl (C=O) groups is 1. The van der Waals surface area contributed by atoms with E-state index in [1.54, 1.807) is 0 Å². The monoisotopic (exact) mass is 346 g/mol. The minimum atomic E-state index is 0. The molecule has 3 rings (SSSR count). The molecule has 0 unspecified atom stereocenters. The van der Waals surface area contributed by atoms with Gasteiger partial charge in [0.05, 0.1) is 0 Å². The van der Waals surface area contributed by atoms with Crippen LogP contribution in [0.15, 0.2) is 42.5 Å². The number of hydrogen-bond acceptors (Lipinski definition) is 2. The van der Waals surface area contributed by atoms with Gasteiger partial charge in [0.1, 0.15) is 0 Å². The number of amides is 1. The molecule has 4 heteroatoms. The van der Waals surface area contributed by atoms with Crippen LogP contribution in [-0.2, 0) is 11.2 Å². The lowest BCUT2D eigenvalue weighted by atomic mass is 9.93. The summed E-state index contributed by atoms with van der Waals surface area (Å²) in [6.45, 7) is 2.94. The van der Waals surface area contributed by atoms with Crippen LogP contribution >= 0.6 is 12.4 Å². The lowest BCUT2D eigenvalue weighted by Crippen LogP contribution is -2.30. The highest BCUT2D eigenvalue weighted by atomic mass is 35.5. The Morgan fingerprint density at radius 2 is 1.83 bits per heavy atom. The molecule has 0 aliphatic carbocycles. The summed E-state index contributed by atoms with van der Waals surface area (Å²) in [7, 11) is 0. The number of fused-ring (bicyclic) bond motifs is 1. The number of benzene rings is 2. The highest BCUT2D eigenvalue weighted by Crippen LogP contribution is 2.18. The summed E-state index contributed by atoms with van der Waals surface area (Å²) in [6.07, 6.45) is 5.02. The van der Waals surface area contributed by atoms with Gasteiger partial charge in [-0.1, -0.05) is 42.5 Å². The first-order valence-electron chi connectivity index (χ1n) is 8.76. The van der Waals surface area contributed by atoms with Crippen molar-refractivity contribution in [3.8, 4) is 0 Å². The Balaban J connectivity index is 0.00000208. The largest absolute Gasteiger partial charge is 0.356 e. The van der Waals surface area contributed by atoms with Crippen LogP contribution in [0.4, 0.5) is 0 Å². The molecule has 0 radical (unpaired) electrons. The molecule has 3 nitrogen and oxygen atoms in total. The first-order valence-corrected chi connectivity index (χ1v) is 8.76. The maximum Gasteiger partial charge on any atom is 0.220 e. The van der Waals surface area contributed by atoms with Crippen LogP contribution in [0.5, 0.6) is 0 Å². The Bertz CT molecular complexity index is 653. The molecule has 1 aliphatic heterocycles. The molecule has 0 bridgehead atoms. The van der Waals surface area contributed by atoms with Crippen molar-refractivity contribution < 1.29 is 4.79 Å². The molecule has 1 saturated heterocycles. The van der Waals surface area contributed by atoms with Gasteiger partial charge in [0.15, 0.2) is 0 Å². The van der Waals surface area contributed by atoms with Crippen molar-refractivity contribution in [2.24, 2.45) is 5.92 Å². The summed E-state index contributed by atoms with van der Waals surface area (Å²) in [5.74, 6) is 0.923. The topological polar surface area (TPSA) is 41.1 Å². The van der Waals surface area contributed by atoms with Gasteiger partial charge in [0.2, 0.25) is 5.91 Å². The molecule has 24 heavy (non-hydrogen) atoms. The molecule has 0 spiro atoms. The molecule has 0 saturated carbocycles. The summed E-state index contributed by atoms with van der Waals surface area (Å²) in [6, 6.07) is 14.9. The smallest absolute Gasteiger partial charge is 0.220 e. The second kappa shape index (κ2) is 9.65. The zero-order chi connectivity index (χ0) is 15.9.